The van der Waals surface area contributed by atoms with E-state index in [2.05, 4.69) is 22.4 Å². The predicted octanol–water partition coefficient (Wildman–Crippen LogP) is 2.94. The number of methoxy groups -OCH3 is 1. The number of rotatable bonds is 3. The summed E-state index contributed by atoms with van der Waals surface area (Å²) in [5.41, 5.74) is -0.333. The molecular weight excluding hydrogens is 254 g/mol. The minimum atomic E-state index is -0.333. The Morgan fingerprint density at radius 1 is 1.25 bits per heavy atom. The van der Waals surface area contributed by atoms with E-state index in [0.29, 0.717) is 5.92 Å². The molecule has 1 aliphatic heterocycles. The maximum Gasteiger partial charge on any atom is 0.244 e. The zero-order chi connectivity index (χ0) is 14.0. The molecule has 1 aromatic rings. The van der Waals surface area contributed by atoms with Gasteiger partial charge in [0, 0.05) is 7.11 Å². The van der Waals surface area contributed by atoms with Crippen LogP contribution in [0.25, 0.3) is 0 Å². The Labute approximate surface area is 120 Å². The van der Waals surface area contributed by atoms with E-state index in [1.165, 1.54) is 25.7 Å². The lowest BCUT2D eigenvalue weighted by molar-refractivity contribution is -0.0365. The van der Waals surface area contributed by atoms with Crippen molar-refractivity contribution in [3.8, 4) is 0 Å². The summed E-state index contributed by atoms with van der Waals surface area (Å²) in [5.74, 6) is 2.03. The van der Waals surface area contributed by atoms with Gasteiger partial charge in [0.1, 0.15) is 5.60 Å². The van der Waals surface area contributed by atoms with E-state index < -0.39 is 0 Å². The van der Waals surface area contributed by atoms with Crippen LogP contribution in [0, 0.1) is 5.92 Å². The molecule has 2 aliphatic rings. The van der Waals surface area contributed by atoms with Crippen molar-refractivity contribution in [3.63, 3.8) is 0 Å². The van der Waals surface area contributed by atoms with E-state index in [1.807, 2.05) is 0 Å². The minimum absolute atomic E-state index is 0.205. The van der Waals surface area contributed by atoms with Crippen molar-refractivity contribution in [3.05, 3.63) is 11.7 Å². The molecule has 5 nitrogen and oxygen atoms in total. The fraction of sp³-hybridized carbons (Fsp3) is 0.867. The highest BCUT2D eigenvalue weighted by atomic mass is 16.5. The van der Waals surface area contributed by atoms with Crippen LogP contribution in [0.1, 0.15) is 69.6 Å². The van der Waals surface area contributed by atoms with Crippen molar-refractivity contribution < 1.29 is 9.26 Å². The summed E-state index contributed by atoms with van der Waals surface area (Å²) in [5, 5.41) is 7.70. The van der Waals surface area contributed by atoms with Crippen molar-refractivity contribution in [2.45, 2.75) is 63.5 Å². The molecule has 1 N–H and O–H groups in total. The first-order chi connectivity index (χ1) is 9.75. The SMILES string of the molecule is COC1(c2noc(C3NCCC3C)n2)CCCCCC1. The van der Waals surface area contributed by atoms with E-state index in [1.54, 1.807) is 7.11 Å². The van der Waals surface area contributed by atoms with Crippen LogP contribution in [0.3, 0.4) is 0 Å². The molecule has 2 unspecified atom stereocenters. The third-order valence-corrected chi connectivity index (χ3v) is 4.95. The molecular formula is C15H25N3O2. The van der Waals surface area contributed by atoms with E-state index in [4.69, 9.17) is 9.26 Å². The van der Waals surface area contributed by atoms with E-state index in [9.17, 15) is 0 Å². The third kappa shape index (κ3) is 2.49. The second-order valence-corrected chi connectivity index (χ2v) is 6.27. The fourth-order valence-corrected chi connectivity index (χ4v) is 3.53. The molecule has 2 fully saturated rings. The third-order valence-electron chi connectivity index (χ3n) is 4.95. The second-order valence-electron chi connectivity index (χ2n) is 6.27. The zero-order valence-electron chi connectivity index (χ0n) is 12.5. The van der Waals surface area contributed by atoms with Crippen LogP contribution in [0.5, 0.6) is 0 Å². The molecule has 1 saturated heterocycles. The lowest BCUT2D eigenvalue weighted by atomic mass is 9.93. The standard InChI is InChI=1S/C15H25N3O2/c1-11-7-10-16-12(11)13-17-14(18-20-13)15(19-2)8-5-3-4-6-9-15/h11-12,16H,3-10H2,1-2H3. The Morgan fingerprint density at radius 2 is 2.00 bits per heavy atom. The van der Waals surface area contributed by atoms with Gasteiger partial charge in [0.15, 0.2) is 0 Å². The maximum absolute atomic E-state index is 5.84. The van der Waals surface area contributed by atoms with Gasteiger partial charge in [-0.15, -0.1) is 0 Å². The lowest BCUT2D eigenvalue weighted by Crippen LogP contribution is -2.29. The van der Waals surface area contributed by atoms with Crippen LogP contribution in [0.15, 0.2) is 4.52 Å². The topological polar surface area (TPSA) is 60.2 Å². The van der Waals surface area contributed by atoms with Crippen molar-refractivity contribution in [1.29, 1.82) is 0 Å². The van der Waals surface area contributed by atoms with Crippen molar-refractivity contribution >= 4 is 0 Å². The van der Waals surface area contributed by atoms with Crippen molar-refractivity contribution in [2.24, 2.45) is 5.92 Å². The van der Waals surface area contributed by atoms with Crippen LogP contribution in [0.2, 0.25) is 0 Å². The monoisotopic (exact) mass is 279 g/mol. The minimum Gasteiger partial charge on any atom is -0.370 e. The second kappa shape index (κ2) is 5.82. The first kappa shape index (κ1) is 14.0. The first-order valence-corrected chi connectivity index (χ1v) is 7.88. The number of hydrogen-bond donors (Lipinski definition) is 1. The summed E-state index contributed by atoms with van der Waals surface area (Å²) in [6.45, 7) is 3.26. The molecule has 0 spiro atoms. The highest BCUT2D eigenvalue weighted by Gasteiger charge is 2.39. The van der Waals surface area contributed by atoms with Gasteiger partial charge >= 0.3 is 0 Å². The van der Waals surface area contributed by atoms with Crippen LogP contribution >= 0.6 is 0 Å². The number of hydrogen-bond acceptors (Lipinski definition) is 5. The molecule has 0 radical (unpaired) electrons. The molecule has 1 aliphatic carbocycles. The molecule has 1 saturated carbocycles. The number of aromatic nitrogens is 2. The van der Waals surface area contributed by atoms with Gasteiger partial charge in [-0.3, -0.25) is 0 Å². The largest absolute Gasteiger partial charge is 0.370 e. The first-order valence-electron chi connectivity index (χ1n) is 7.88. The van der Waals surface area contributed by atoms with Crippen molar-refractivity contribution in [2.75, 3.05) is 13.7 Å². The molecule has 0 bridgehead atoms. The average molecular weight is 279 g/mol. The zero-order valence-corrected chi connectivity index (χ0v) is 12.5. The molecule has 112 valence electrons. The number of ether oxygens (including phenoxy) is 1. The van der Waals surface area contributed by atoms with Gasteiger partial charge in [-0.2, -0.15) is 4.98 Å². The van der Waals surface area contributed by atoms with Gasteiger partial charge < -0.3 is 14.6 Å². The van der Waals surface area contributed by atoms with Gasteiger partial charge in [0.25, 0.3) is 0 Å². The van der Waals surface area contributed by atoms with Gasteiger partial charge in [-0.05, 0) is 31.7 Å². The Hall–Kier alpha value is -0.940. The highest BCUT2D eigenvalue weighted by molar-refractivity contribution is 5.06. The number of nitrogens with zero attached hydrogens (tertiary/aromatic N) is 2. The Balaban J connectivity index is 1.83. The molecule has 1 aromatic heterocycles. The predicted molar refractivity (Wildman–Crippen MR) is 75.2 cm³/mol. The van der Waals surface area contributed by atoms with E-state index in [-0.39, 0.29) is 11.6 Å². The van der Waals surface area contributed by atoms with Gasteiger partial charge in [-0.25, -0.2) is 0 Å². The molecule has 2 atom stereocenters. The van der Waals surface area contributed by atoms with Crippen LogP contribution in [-0.4, -0.2) is 23.8 Å². The Morgan fingerprint density at radius 3 is 2.60 bits per heavy atom. The Bertz CT molecular complexity index is 438. The summed E-state index contributed by atoms with van der Waals surface area (Å²) >= 11 is 0. The average Bonchev–Trinajstić information content (AvgIpc) is 3.03. The van der Waals surface area contributed by atoms with Gasteiger partial charge in [0.2, 0.25) is 11.7 Å². The van der Waals surface area contributed by atoms with Crippen molar-refractivity contribution in [1.82, 2.24) is 15.5 Å². The summed E-state index contributed by atoms with van der Waals surface area (Å²) in [6.07, 6.45) is 8.06. The molecule has 0 amide bonds. The van der Waals surface area contributed by atoms with Crippen LogP contribution in [-0.2, 0) is 10.3 Å². The highest BCUT2D eigenvalue weighted by Crippen LogP contribution is 2.38. The molecule has 20 heavy (non-hydrogen) atoms. The quantitative estimate of drug-likeness (QED) is 0.862. The van der Waals surface area contributed by atoms with Gasteiger partial charge in [0.05, 0.1) is 6.04 Å². The molecule has 3 rings (SSSR count). The van der Waals surface area contributed by atoms with Gasteiger partial charge in [-0.1, -0.05) is 37.8 Å². The van der Waals surface area contributed by atoms with E-state index >= 15 is 0 Å². The maximum atomic E-state index is 5.84. The fourth-order valence-electron chi connectivity index (χ4n) is 3.53. The summed E-state index contributed by atoms with van der Waals surface area (Å²) in [4.78, 5) is 4.69. The number of nitrogens with one attached hydrogen (secondary N) is 1. The summed E-state index contributed by atoms with van der Waals surface area (Å²) in [7, 11) is 1.78. The van der Waals surface area contributed by atoms with Crippen LogP contribution in [0.4, 0.5) is 0 Å². The lowest BCUT2D eigenvalue weighted by Gasteiger charge is -2.27. The smallest absolute Gasteiger partial charge is 0.244 e. The normalized spacial score (nSPS) is 30.3. The summed E-state index contributed by atoms with van der Waals surface area (Å²) < 4.78 is 11.4. The van der Waals surface area contributed by atoms with E-state index in [0.717, 1.165) is 37.5 Å². The molecule has 2 heterocycles. The Kier molecular flexibility index (Phi) is 4.08. The summed E-state index contributed by atoms with van der Waals surface area (Å²) in [6, 6.07) is 0.205. The molecule has 0 aromatic carbocycles. The van der Waals surface area contributed by atoms with Crippen LogP contribution < -0.4 is 5.32 Å². The molecule has 5 heteroatoms.